The summed E-state index contributed by atoms with van der Waals surface area (Å²) in [5.74, 6) is 0.479. The van der Waals surface area contributed by atoms with E-state index in [9.17, 15) is 4.79 Å². The van der Waals surface area contributed by atoms with Crippen LogP contribution in [0, 0.1) is 13.8 Å². The molecule has 0 saturated carbocycles. The summed E-state index contributed by atoms with van der Waals surface area (Å²) in [6.45, 7) is 3.89. The van der Waals surface area contributed by atoms with Crippen LogP contribution in [0.4, 0.5) is 5.69 Å². The van der Waals surface area contributed by atoms with Crippen LogP contribution >= 0.6 is 11.3 Å². The number of rotatable bonds is 4. The van der Waals surface area contributed by atoms with E-state index in [4.69, 9.17) is 4.74 Å². The van der Waals surface area contributed by atoms with Crippen LogP contribution in [-0.4, -0.2) is 33.2 Å². The summed E-state index contributed by atoms with van der Waals surface area (Å²) in [7, 11) is 1.59. The van der Waals surface area contributed by atoms with E-state index in [1.807, 2.05) is 32.0 Å². The number of benzene rings is 1. The average Bonchev–Trinajstić information content (AvgIpc) is 3.16. The molecule has 1 N–H and O–H groups in total. The lowest BCUT2D eigenvalue weighted by Crippen LogP contribution is -2.15. The minimum atomic E-state index is -0.203. The summed E-state index contributed by atoms with van der Waals surface area (Å²) in [6.07, 6.45) is 1.48. The van der Waals surface area contributed by atoms with Gasteiger partial charge in [0, 0.05) is 16.6 Å². The highest BCUT2D eigenvalue weighted by Crippen LogP contribution is 2.31. The Bertz CT molecular complexity index is 842. The minimum absolute atomic E-state index is 0.203. The fraction of sp³-hybridized carbons (Fsp3) is 0.200. The van der Waals surface area contributed by atoms with Crippen molar-refractivity contribution in [3.8, 4) is 10.8 Å². The number of amides is 1. The van der Waals surface area contributed by atoms with Crippen molar-refractivity contribution in [1.82, 2.24) is 20.2 Å². The van der Waals surface area contributed by atoms with E-state index >= 15 is 0 Å². The van der Waals surface area contributed by atoms with Crippen LogP contribution in [0.15, 0.2) is 30.6 Å². The third-order valence-corrected chi connectivity index (χ3v) is 4.68. The summed E-state index contributed by atoms with van der Waals surface area (Å²) in [5.41, 5.74) is 2.16. The van der Waals surface area contributed by atoms with E-state index < -0.39 is 0 Å². The van der Waals surface area contributed by atoms with Crippen molar-refractivity contribution in [2.45, 2.75) is 13.8 Å². The third-order valence-electron chi connectivity index (χ3n) is 3.48. The van der Waals surface area contributed by atoms with Gasteiger partial charge in [-0.1, -0.05) is 6.07 Å². The first-order chi connectivity index (χ1) is 11.1. The van der Waals surface area contributed by atoms with Crippen LogP contribution in [0.5, 0.6) is 5.75 Å². The molecule has 0 aliphatic heterocycles. The van der Waals surface area contributed by atoms with Crippen LogP contribution in [0.3, 0.4) is 0 Å². The third kappa shape index (κ3) is 2.93. The molecule has 3 rings (SSSR count). The van der Waals surface area contributed by atoms with E-state index in [0.717, 1.165) is 10.4 Å². The van der Waals surface area contributed by atoms with E-state index in [1.165, 1.54) is 22.3 Å². The predicted octanol–water partition coefficient (Wildman–Crippen LogP) is 2.60. The maximum Gasteiger partial charge on any atom is 0.259 e. The topological polar surface area (TPSA) is 81.9 Å². The number of nitrogens with zero attached hydrogens (tertiary/aromatic N) is 4. The zero-order chi connectivity index (χ0) is 16.4. The van der Waals surface area contributed by atoms with Gasteiger partial charge in [-0.3, -0.25) is 4.79 Å². The molecule has 2 heterocycles. The van der Waals surface area contributed by atoms with Gasteiger partial charge in [0.1, 0.15) is 17.1 Å². The number of carbonyl (C=O) groups is 1. The first-order valence-electron chi connectivity index (χ1n) is 6.89. The Labute approximate surface area is 136 Å². The smallest absolute Gasteiger partial charge is 0.259 e. The van der Waals surface area contributed by atoms with Gasteiger partial charge >= 0.3 is 0 Å². The second-order valence-electron chi connectivity index (χ2n) is 4.90. The molecule has 7 nitrogen and oxygen atoms in total. The molecule has 2 aromatic heterocycles. The first-order valence-corrected chi connectivity index (χ1v) is 7.70. The Morgan fingerprint density at radius 1 is 1.35 bits per heavy atom. The van der Waals surface area contributed by atoms with Crippen molar-refractivity contribution in [3.63, 3.8) is 0 Å². The summed E-state index contributed by atoms with van der Waals surface area (Å²) in [4.78, 5) is 13.8. The zero-order valence-corrected chi connectivity index (χ0v) is 13.7. The highest BCUT2D eigenvalue weighted by Gasteiger charge is 2.21. The molecule has 1 aromatic carbocycles. The van der Waals surface area contributed by atoms with E-state index in [-0.39, 0.29) is 5.91 Å². The minimum Gasteiger partial charge on any atom is -0.497 e. The summed E-state index contributed by atoms with van der Waals surface area (Å²) >= 11 is 1.48. The van der Waals surface area contributed by atoms with Gasteiger partial charge in [-0.05, 0) is 42.0 Å². The van der Waals surface area contributed by atoms with Crippen molar-refractivity contribution in [2.75, 3.05) is 12.4 Å². The molecule has 0 aliphatic carbocycles. The Kier molecular flexibility index (Phi) is 4.07. The Hall–Kier alpha value is -2.74. The van der Waals surface area contributed by atoms with Crippen molar-refractivity contribution < 1.29 is 9.53 Å². The number of methoxy groups -OCH3 is 1. The van der Waals surface area contributed by atoms with Crippen LogP contribution < -0.4 is 10.1 Å². The van der Waals surface area contributed by atoms with Gasteiger partial charge in [-0.2, -0.15) is 4.68 Å². The van der Waals surface area contributed by atoms with E-state index in [1.54, 1.807) is 13.2 Å². The SMILES string of the molecule is COc1cccc(NC(=O)c2c(-n3cnnn3)sc(C)c2C)c1. The van der Waals surface area contributed by atoms with Crippen molar-refractivity contribution in [3.05, 3.63) is 46.6 Å². The normalized spacial score (nSPS) is 10.6. The summed E-state index contributed by atoms with van der Waals surface area (Å²) in [5, 5.41) is 14.7. The molecule has 0 radical (unpaired) electrons. The number of tetrazole rings is 1. The number of ether oxygens (including phenoxy) is 1. The molecule has 0 saturated heterocycles. The molecule has 0 fully saturated rings. The zero-order valence-electron chi connectivity index (χ0n) is 12.9. The quantitative estimate of drug-likeness (QED) is 0.795. The van der Waals surface area contributed by atoms with Crippen molar-refractivity contribution >= 4 is 22.9 Å². The monoisotopic (exact) mass is 329 g/mol. The van der Waals surface area contributed by atoms with Gasteiger partial charge in [0.15, 0.2) is 0 Å². The summed E-state index contributed by atoms with van der Waals surface area (Å²) in [6, 6.07) is 7.22. The van der Waals surface area contributed by atoms with Gasteiger partial charge in [0.2, 0.25) is 0 Å². The van der Waals surface area contributed by atoms with Gasteiger partial charge < -0.3 is 10.1 Å². The lowest BCUT2D eigenvalue weighted by Gasteiger charge is -2.08. The summed E-state index contributed by atoms with van der Waals surface area (Å²) < 4.78 is 6.68. The maximum atomic E-state index is 12.7. The molecule has 3 aromatic rings. The number of thiophene rings is 1. The largest absolute Gasteiger partial charge is 0.497 e. The van der Waals surface area contributed by atoms with Crippen LogP contribution in [0.1, 0.15) is 20.8 Å². The number of nitrogens with one attached hydrogen (secondary N) is 1. The number of hydrogen-bond donors (Lipinski definition) is 1. The molecule has 0 unspecified atom stereocenters. The average molecular weight is 329 g/mol. The molecule has 0 spiro atoms. The maximum absolute atomic E-state index is 12.7. The predicted molar refractivity (Wildman–Crippen MR) is 87.5 cm³/mol. The van der Waals surface area contributed by atoms with Crippen molar-refractivity contribution in [2.24, 2.45) is 0 Å². The van der Waals surface area contributed by atoms with Crippen molar-refractivity contribution in [1.29, 1.82) is 0 Å². The Morgan fingerprint density at radius 2 is 2.17 bits per heavy atom. The number of hydrogen-bond acceptors (Lipinski definition) is 6. The molecule has 1 amide bonds. The highest BCUT2D eigenvalue weighted by molar-refractivity contribution is 7.15. The fourth-order valence-electron chi connectivity index (χ4n) is 2.19. The lowest BCUT2D eigenvalue weighted by molar-refractivity contribution is 0.102. The molecule has 0 aliphatic rings. The molecule has 23 heavy (non-hydrogen) atoms. The molecular formula is C15H15N5O2S. The Balaban J connectivity index is 1.96. The van der Waals surface area contributed by atoms with Gasteiger partial charge in [0.25, 0.3) is 5.91 Å². The molecule has 8 heteroatoms. The molecular weight excluding hydrogens is 314 g/mol. The highest BCUT2D eigenvalue weighted by atomic mass is 32.1. The first kappa shape index (κ1) is 15.2. The number of aromatic nitrogens is 4. The van der Waals surface area contributed by atoms with E-state index in [2.05, 4.69) is 20.8 Å². The fourth-order valence-corrected chi connectivity index (χ4v) is 3.26. The second-order valence-corrected chi connectivity index (χ2v) is 6.11. The standard InChI is InChI=1S/C15H15N5O2S/c1-9-10(2)23-15(20-8-16-18-19-20)13(9)14(21)17-11-5-4-6-12(7-11)22-3/h4-8H,1-3H3,(H,17,21). The molecule has 0 bridgehead atoms. The van der Waals surface area contributed by atoms with Gasteiger partial charge in [0.05, 0.1) is 12.7 Å². The van der Waals surface area contributed by atoms with Crippen LogP contribution in [0.2, 0.25) is 0 Å². The lowest BCUT2D eigenvalue weighted by atomic mass is 10.1. The molecule has 118 valence electrons. The molecule has 0 atom stereocenters. The van der Waals surface area contributed by atoms with Crippen LogP contribution in [0.25, 0.3) is 5.00 Å². The number of anilines is 1. The van der Waals surface area contributed by atoms with Gasteiger partial charge in [-0.15, -0.1) is 16.4 Å². The number of aryl methyl sites for hydroxylation is 1. The van der Waals surface area contributed by atoms with E-state index in [0.29, 0.717) is 22.0 Å². The second kappa shape index (κ2) is 6.17. The van der Waals surface area contributed by atoms with Gasteiger partial charge in [-0.25, -0.2) is 0 Å². The number of carbonyl (C=O) groups excluding carboxylic acids is 1. The van der Waals surface area contributed by atoms with Crippen LogP contribution in [-0.2, 0) is 0 Å². The Morgan fingerprint density at radius 3 is 2.87 bits per heavy atom.